The quantitative estimate of drug-likeness (QED) is 0.715. The predicted molar refractivity (Wildman–Crippen MR) is 92.8 cm³/mol. The van der Waals surface area contributed by atoms with Crippen molar-refractivity contribution in [2.24, 2.45) is 11.8 Å². The van der Waals surface area contributed by atoms with E-state index in [0.29, 0.717) is 5.92 Å². The molecule has 0 radical (unpaired) electrons. The molecule has 1 aromatic rings. The number of benzene rings is 1. The molecule has 0 spiro atoms. The Morgan fingerprint density at radius 2 is 1.86 bits per heavy atom. The molecule has 0 bridgehead atoms. The van der Waals surface area contributed by atoms with E-state index in [4.69, 9.17) is 0 Å². The normalized spacial score (nSPS) is 22.2. The van der Waals surface area contributed by atoms with Gasteiger partial charge in [0.25, 0.3) is 0 Å². The van der Waals surface area contributed by atoms with Gasteiger partial charge in [0, 0.05) is 6.54 Å². The Balaban J connectivity index is 1.87. The highest BCUT2D eigenvalue weighted by Gasteiger charge is 2.20. The van der Waals surface area contributed by atoms with Crippen molar-refractivity contribution in [1.82, 2.24) is 4.90 Å². The second kappa shape index (κ2) is 7.98. The van der Waals surface area contributed by atoms with Gasteiger partial charge in [0.05, 0.1) is 0 Å². The van der Waals surface area contributed by atoms with Crippen molar-refractivity contribution in [2.75, 3.05) is 19.6 Å². The largest absolute Gasteiger partial charge is 0.303 e. The number of rotatable bonds is 5. The Bertz CT molecular complexity index is 424. The second-order valence-electron chi connectivity index (χ2n) is 7.48. The van der Waals surface area contributed by atoms with Gasteiger partial charge >= 0.3 is 0 Å². The molecule has 0 aromatic heterocycles. The Hall–Kier alpha value is -0.820. The first-order valence-electron chi connectivity index (χ1n) is 8.84. The molecule has 118 valence electrons. The zero-order chi connectivity index (χ0) is 15.2. The summed E-state index contributed by atoms with van der Waals surface area (Å²) in [5, 5.41) is 0. The van der Waals surface area contributed by atoms with E-state index in [-0.39, 0.29) is 0 Å². The minimum atomic E-state index is 0.702. The molecule has 21 heavy (non-hydrogen) atoms. The van der Waals surface area contributed by atoms with E-state index >= 15 is 0 Å². The van der Waals surface area contributed by atoms with Crippen LogP contribution in [-0.2, 0) is 0 Å². The molecular formula is C20H33N. The smallest absolute Gasteiger partial charge is 0.000438 e. The molecule has 1 heterocycles. The van der Waals surface area contributed by atoms with Crippen LogP contribution in [0.4, 0.5) is 0 Å². The van der Waals surface area contributed by atoms with Gasteiger partial charge in [-0.2, -0.15) is 0 Å². The maximum Gasteiger partial charge on any atom is 0.000438 e. The lowest BCUT2D eigenvalue weighted by Crippen LogP contribution is -2.28. The highest BCUT2D eigenvalue weighted by molar-refractivity contribution is 5.28. The van der Waals surface area contributed by atoms with Crippen LogP contribution in [0.5, 0.6) is 0 Å². The van der Waals surface area contributed by atoms with Crippen molar-refractivity contribution in [3.8, 4) is 0 Å². The van der Waals surface area contributed by atoms with Crippen LogP contribution in [0.25, 0.3) is 0 Å². The molecular weight excluding hydrogens is 254 g/mol. The van der Waals surface area contributed by atoms with E-state index < -0.39 is 0 Å². The van der Waals surface area contributed by atoms with Gasteiger partial charge in [-0.3, -0.25) is 0 Å². The molecule has 0 saturated carbocycles. The lowest BCUT2D eigenvalue weighted by atomic mass is 9.85. The molecule has 2 rings (SSSR count). The number of nitrogens with zero attached hydrogens (tertiary/aromatic N) is 1. The van der Waals surface area contributed by atoms with Crippen molar-refractivity contribution < 1.29 is 0 Å². The molecule has 0 aliphatic carbocycles. The summed E-state index contributed by atoms with van der Waals surface area (Å²) in [7, 11) is 0. The van der Waals surface area contributed by atoms with Crippen LogP contribution >= 0.6 is 0 Å². The van der Waals surface area contributed by atoms with Crippen LogP contribution < -0.4 is 0 Å². The molecule has 1 fully saturated rings. The van der Waals surface area contributed by atoms with E-state index in [1.165, 1.54) is 50.9 Å². The Labute approximate surface area is 131 Å². The van der Waals surface area contributed by atoms with Gasteiger partial charge in [-0.1, -0.05) is 45.0 Å². The monoisotopic (exact) mass is 287 g/mol. The topological polar surface area (TPSA) is 3.24 Å². The summed E-state index contributed by atoms with van der Waals surface area (Å²) in [6.07, 6.45) is 5.56. The molecule has 2 atom stereocenters. The first-order chi connectivity index (χ1) is 10.1. The lowest BCUT2D eigenvalue weighted by molar-refractivity contribution is 0.249. The van der Waals surface area contributed by atoms with E-state index in [9.17, 15) is 0 Å². The van der Waals surface area contributed by atoms with Gasteiger partial charge in [-0.15, -0.1) is 0 Å². The summed E-state index contributed by atoms with van der Waals surface area (Å²) in [5.74, 6) is 2.41. The molecule has 1 heteroatoms. The van der Waals surface area contributed by atoms with Crippen molar-refractivity contribution in [3.05, 3.63) is 35.4 Å². The number of aryl methyl sites for hydroxylation is 1. The van der Waals surface area contributed by atoms with Gasteiger partial charge in [0.15, 0.2) is 0 Å². The third-order valence-electron chi connectivity index (χ3n) is 4.97. The summed E-state index contributed by atoms with van der Waals surface area (Å²) >= 11 is 0. The van der Waals surface area contributed by atoms with E-state index in [0.717, 1.165) is 11.8 Å². The first kappa shape index (κ1) is 16.5. The fourth-order valence-corrected chi connectivity index (χ4v) is 3.93. The Kier molecular flexibility index (Phi) is 6.29. The minimum Gasteiger partial charge on any atom is -0.303 e. The number of hydrogen-bond acceptors (Lipinski definition) is 1. The third kappa shape index (κ3) is 5.14. The minimum absolute atomic E-state index is 0.702. The highest BCUT2D eigenvalue weighted by atomic mass is 15.1. The summed E-state index contributed by atoms with van der Waals surface area (Å²) < 4.78 is 0. The predicted octanol–water partition coefficient (Wildman–Crippen LogP) is 5.25. The number of hydrogen-bond donors (Lipinski definition) is 0. The van der Waals surface area contributed by atoms with Crippen LogP contribution in [0.1, 0.15) is 63.5 Å². The van der Waals surface area contributed by atoms with Crippen LogP contribution in [0.15, 0.2) is 24.3 Å². The average Bonchev–Trinajstić information content (AvgIpc) is 2.64. The Morgan fingerprint density at radius 1 is 1.10 bits per heavy atom. The van der Waals surface area contributed by atoms with Gasteiger partial charge < -0.3 is 4.90 Å². The highest BCUT2D eigenvalue weighted by Crippen LogP contribution is 2.31. The van der Waals surface area contributed by atoms with Crippen LogP contribution in [0.3, 0.4) is 0 Å². The molecule has 0 N–H and O–H groups in total. The van der Waals surface area contributed by atoms with Crippen molar-refractivity contribution >= 4 is 0 Å². The summed E-state index contributed by atoms with van der Waals surface area (Å²) in [6, 6.07) is 8.92. The second-order valence-corrected chi connectivity index (χ2v) is 7.48. The zero-order valence-corrected chi connectivity index (χ0v) is 14.4. The van der Waals surface area contributed by atoms with Crippen molar-refractivity contribution in [1.29, 1.82) is 0 Å². The average molecular weight is 287 g/mol. The molecule has 0 amide bonds. The molecule has 1 saturated heterocycles. The van der Waals surface area contributed by atoms with Crippen LogP contribution in [-0.4, -0.2) is 24.5 Å². The van der Waals surface area contributed by atoms with Gasteiger partial charge in [-0.25, -0.2) is 0 Å². The standard InChI is InChI=1S/C20H33N/c1-16(2)15-21-12-7-9-19(11-13-21)14-18(4)20-10-6-5-8-17(20)3/h5-6,8,10,16,18-19H,7,9,11-15H2,1-4H3. The molecule has 1 nitrogen and oxygen atoms in total. The summed E-state index contributed by atoms with van der Waals surface area (Å²) in [6.45, 7) is 13.2. The maximum absolute atomic E-state index is 2.68. The van der Waals surface area contributed by atoms with E-state index in [1.807, 2.05) is 0 Å². The van der Waals surface area contributed by atoms with E-state index in [1.54, 1.807) is 5.56 Å². The molecule has 1 aromatic carbocycles. The fourth-order valence-electron chi connectivity index (χ4n) is 3.93. The lowest BCUT2D eigenvalue weighted by Gasteiger charge is -2.23. The molecule has 1 aliphatic heterocycles. The maximum atomic E-state index is 2.68. The van der Waals surface area contributed by atoms with Gasteiger partial charge in [0.1, 0.15) is 0 Å². The zero-order valence-electron chi connectivity index (χ0n) is 14.4. The third-order valence-corrected chi connectivity index (χ3v) is 4.97. The van der Waals surface area contributed by atoms with Crippen LogP contribution in [0.2, 0.25) is 0 Å². The SMILES string of the molecule is Cc1ccccc1C(C)CC1CCCN(CC(C)C)CC1. The fraction of sp³-hybridized carbons (Fsp3) is 0.700. The van der Waals surface area contributed by atoms with Crippen molar-refractivity contribution in [3.63, 3.8) is 0 Å². The number of likely N-dealkylation sites (tertiary alicyclic amines) is 1. The van der Waals surface area contributed by atoms with Crippen molar-refractivity contribution in [2.45, 2.75) is 59.3 Å². The molecule has 2 unspecified atom stereocenters. The Morgan fingerprint density at radius 3 is 2.57 bits per heavy atom. The summed E-state index contributed by atoms with van der Waals surface area (Å²) in [4.78, 5) is 2.68. The van der Waals surface area contributed by atoms with Crippen LogP contribution in [0, 0.1) is 18.8 Å². The van der Waals surface area contributed by atoms with E-state index in [2.05, 4.69) is 56.9 Å². The first-order valence-corrected chi connectivity index (χ1v) is 8.84. The molecule has 1 aliphatic rings. The van der Waals surface area contributed by atoms with Gasteiger partial charge in [0.2, 0.25) is 0 Å². The van der Waals surface area contributed by atoms with Gasteiger partial charge in [-0.05, 0) is 74.6 Å². The summed E-state index contributed by atoms with van der Waals surface area (Å²) in [5.41, 5.74) is 3.01.